The molecule has 2 aliphatic heterocycles. The highest BCUT2D eigenvalue weighted by Crippen LogP contribution is 2.54. The van der Waals surface area contributed by atoms with Gasteiger partial charge in [0.15, 0.2) is 5.78 Å². The summed E-state index contributed by atoms with van der Waals surface area (Å²) in [6.07, 6.45) is 2.13. The summed E-state index contributed by atoms with van der Waals surface area (Å²) in [4.78, 5) is 29.6. The van der Waals surface area contributed by atoms with Gasteiger partial charge in [0, 0.05) is 28.9 Å². The number of anilines is 1. The number of hydrogen-bond acceptors (Lipinski definition) is 4. The third-order valence-corrected chi connectivity index (χ3v) is 7.57. The van der Waals surface area contributed by atoms with Gasteiger partial charge in [0.1, 0.15) is 5.75 Å². The van der Waals surface area contributed by atoms with Gasteiger partial charge in [-0.05, 0) is 70.4 Å². The summed E-state index contributed by atoms with van der Waals surface area (Å²) in [7, 11) is 0. The van der Waals surface area contributed by atoms with E-state index in [4.69, 9.17) is 4.74 Å². The van der Waals surface area contributed by atoms with Crippen molar-refractivity contribution in [2.45, 2.75) is 59.5 Å². The maximum Gasteiger partial charge on any atom is 0.239 e. The van der Waals surface area contributed by atoms with Crippen LogP contribution in [0, 0.1) is 6.92 Å². The Balaban J connectivity index is 1.89. The first-order chi connectivity index (χ1) is 17.6. The topological polar surface area (TPSA) is 71.8 Å². The van der Waals surface area contributed by atoms with Crippen LogP contribution in [-0.4, -0.2) is 40.1 Å². The highest BCUT2D eigenvalue weighted by Gasteiger charge is 2.50. The van der Waals surface area contributed by atoms with Crippen molar-refractivity contribution in [2.75, 3.05) is 18.1 Å². The van der Waals surface area contributed by atoms with E-state index in [2.05, 4.69) is 13.0 Å². The number of amides is 1. The van der Waals surface area contributed by atoms with Crippen LogP contribution >= 0.6 is 0 Å². The largest absolute Gasteiger partial charge is 0.494 e. The molecule has 1 N–H and O–H groups in total. The summed E-state index contributed by atoms with van der Waals surface area (Å²) >= 11 is 0. The zero-order valence-electron chi connectivity index (χ0n) is 22.4. The fraction of sp³-hybridized carbons (Fsp3) is 0.355. The van der Waals surface area contributed by atoms with Crippen molar-refractivity contribution >= 4 is 23.0 Å². The zero-order valence-corrected chi connectivity index (χ0v) is 22.4. The molecule has 37 heavy (non-hydrogen) atoms. The van der Waals surface area contributed by atoms with Crippen LogP contribution in [0.3, 0.4) is 0 Å². The van der Waals surface area contributed by atoms with E-state index in [0.29, 0.717) is 30.0 Å². The zero-order chi connectivity index (χ0) is 26.6. The second-order valence-corrected chi connectivity index (χ2v) is 10.4. The van der Waals surface area contributed by atoms with Crippen molar-refractivity contribution in [3.05, 3.63) is 76.5 Å². The monoisotopic (exact) mass is 498 g/mol. The van der Waals surface area contributed by atoms with Gasteiger partial charge in [0.25, 0.3) is 0 Å². The Labute approximate surface area is 218 Å². The molecule has 0 fully saturated rings. The number of ether oxygens (including phenoxy) is 1. The molecule has 1 aromatic heterocycles. The van der Waals surface area contributed by atoms with Crippen LogP contribution in [0.2, 0.25) is 0 Å². The Kier molecular flexibility index (Phi) is 6.11. The highest BCUT2D eigenvalue weighted by atomic mass is 16.5. The van der Waals surface area contributed by atoms with Crippen LogP contribution in [0.15, 0.2) is 48.5 Å². The molecule has 2 aliphatic rings. The predicted molar refractivity (Wildman–Crippen MR) is 146 cm³/mol. The molecule has 1 unspecified atom stereocenters. The van der Waals surface area contributed by atoms with Crippen molar-refractivity contribution in [2.24, 2.45) is 0 Å². The van der Waals surface area contributed by atoms with E-state index in [-0.39, 0.29) is 18.3 Å². The van der Waals surface area contributed by atoms with Crippen molar-refractivity contribution in [1.29, 1.82) is 0 Å². The minimum atomic E-state index is -0.680. The van der Waals surface area contributed by atoms with E-state index in [9.17, 15) is 14.7 Å². The maximum atomic E-state index is 14.5. The standard InChI is InChI=1S/C31H34N2O4/c1-7-37-22-15-23-18(2)17-31(5,6)33-29(23)24(16-22)26(30(33)36)27-25(20(4)35)19(3)32(13-14-34)28(27)21-11-9-8-10-12-21/h8-12,15-17,26,34H,7,13-14H2,1-6H3. The lowest BCUT2D eigenvalue weighted by atomic mass is 9.85. The SMILES string of the molecule is CCOc1cc2c3c(c1)C(c1c(C(C)=O)c(C)n(CCO)c1-c1ccccc1)C(=O)N3C(C)(C)C=C2C. The number of carbonyl (C=O) groups excluding carboxylic acids is 2. The minimum absolute atomic E-state index is 0.0560. The second-order valence-electron chi connectivity index (χ2n) is 10.4. The molecule has 1 amide bonds. The fourth-order valence-corrected chi connectivity index (χ4v) is 6.32. The van der Waals surface area contributed by atoms with E-state index in [1.165, 1.54) is 0 Å². The maximum absolute atomic E-state index is 14.5. The number of aliphatic hydroxyl groups excluding tert-OH is 1. The molecule has 0 saturated heterocycles. The molecule has 0 spiro atoms. The molecule has 192 valence electrons. The molecule has 0 aliphatic carbocycles. The van der Waals surface area contributed by atoms with Crippen molar-refractivity contribution in [3.8, 4) is 17.0 Å². The van der Waals surface area contributed by atoms with Crippen molar-refractivity contribution < 1.29 is 19.4 Å². The number of Topliss-reactive ketones (excluding diaryl/α,β-unsaturated/α-hetero) is 1. The highest BCUT2D eigenvalue weighted by molar-refractivity contribution is 6.14. The van der Waals surface area contributed by atoms with Gasteiger partial charge >= 0.3 is 0 Å². The van der Waals surface area contributed by atoms with Crippen molar-refractivity contribution in [1.82, 2.24) is 4.57 Å². The molecule has 5 rings (SSSR count). The van der Waals surface area contributed by atoms with Crippen molar-refractivity contribution in [3.63, 3.8) is 0 Å². The first-order valence-electron chi connectivity index (χ1n) is 12.9. The molecule has 3 heterocycles. The Bertz CT molecular complexity index is 1450. The van der Waals surface area contributed by atoms with Gasteiger partial charge in [-0.1, -0.05) is 36.4 Å². The lowest BCUT2D eigenvalue weighted by molar-refractivity contribution is -0.119. The first kappa shape index (κ1) is 25.0. The van der Waals surface area contributed by atoms with Gasteiger partial charge in [0.05, 0.1) is 36.1 Å². The van der Waals surface area contributed by atoms with Gasteiger partial charge in [0.2, 0.25) is 5.91 Å². The molecule has 6 heteroatoms. The number of benzene rings is 2. The van der Waals surface area contributed by atoms with Crippen LogP contribution in [0.5, 0.6) is 5.75 Å². The summed E-state index contributed by atoms with van der Waals surface area (Å²) in [5.41, 5.74) is 7.00. The molecular formula is C31H34N2O4. The first-order valence-corrected chi connectivity index (χ1v) is 12.9. The average molecular weight is 499 g/mol. The number of rotatable bonds is 7. The average Bonchev–Trinajstić information content (AvgIpc) is 3.29. The summed E-state index contributed by atoms with van der Waals surface area (Å²) in [5, 5.41) is 9.94. The number of carbonyl (C=O) groups is 2. The van der Waals surface area contributed by atoms with E-state index >= 15 is 0 Å². The number of nitrogens with zero attached hydrogens (tertiary/aromatic N) is 2. The summed E-state index contributed by atoms with van der Waals surface area (Å²) in [6.45, 7) is 12.3. The lowest BCUT2D eigenvalue weighted by Gasteiger charge is -2.39. The number of aliphatic hydroxyl groups is 1. The number of allylic oxidation sites excluding steroid dienone is 1. The Hall–Kier alpha value is -3.64. The Morgan fingerprint density at radius 3 is 2.46 bits per heavy atom. The van der Waals surface area contributed by atoms with Gasteiger partial charge in [-0.2, -0.15) is 0 Å². The molecule has 0 saturated carbocycles. The van der Waals surface area contributed by atoms with Gasteiger partial charge < -0.3 is 19.3 Å². The van der Waals surface area contributed by atoms with Crippen LogP contribution in [-0.2, 0) is 11.3 Å². The molecule has 0 radical (unpaired) electrons. The van der Waals surface area contributed by atoms with E-state index in [1.54, 1.807) is 6.92 Å². The smallest absolute Gasteiger partial charge is 0.239 e. The predicted octanol–water partition coefficient (Wildman–Crippen LogP) is 5.73. The molecular weight excluding hydrogens is 464 g/mol. The van der Waals surface area contributed by atoms with Gasteiger partial charge in [-0.3, -0.25) is 9.59 Å². The third-order valence-electron chi connectivity index (χ3n) is 7.57. The van der Waals surface area contributed by atoms with E-state index in [0.717, 1.165) is 39.3 Å². The molecule has 3 aromatic rings. The number of aromatic nitrogens is 1. The molecule has 6 nitrogen and oxygen atoms in total. The summed E-state index contributed by atoms with van der Waals surface area (Å²) in [6, 6.07) is 13.8. The fourth-order valence-electron chi connectivity index (χ4n) is 6.32. The van der Waals surface area contributed by atoms with Crippen LogP contribution in [0.4, 0.5) is 5.69 Å². The number of ketones is 1. The van der Waals surface area contributed by atoms with Crippen LogP contribution in [0.25, 0.3) is 16.8 Å². The van der Waals surface area contributed by atoms with Gasteiger partial charge in [-0.25, -0.2) is 0 Å². The Morgan fingerprint density at radius 2 is 1.84 bits per heavy atom. The Morgan fingerprint density at radius 1 is 1.14 bits per heavy atom. The minimum Gasteiger partial charge on any atom is -0.494 e. The molecule has 1 atom stereocenters. The molecule has 2 aromatic carbocycles. The number of hydrogen-bond donors (Lipinski definition) is 1. The second kappa shape index (κ2) is 9.03. The quantitative estimate of drug-likeness (QED) is 0.422. The van der Waals surface area contributed by atoms with Crippen LogP contribution < -0.4 is 9.64 Å². The summed E-state index contributed by atoms with van der Waals surface area (Å²) in [5.74, 6) is -0.126. The normalized spacial score (nSPS) is 17.6. The third kappa shape index (κ3) is 3.74. The molecule has 0 bridgehead atoms. The van der Waals surface area contributed by atoms with Crippen LogP contribution in [0.1, 0.15) is 73.3 Å². The lowest BCUT2D eigenvalue weighted by Crippen LogP contribution is -2.47. The van der Waals surface area contributed by atoms with E-state index < -0.39 is 11.5 Å². The summed E-state index contributed by atoms with van der Waals surface area (Å²) < 4.78 is 7.94. The van der Waals surface area contributed by atoms with Gasteiger partial charge in [-0.15, -0.1) is 0 Å². The van der Waals surface area contributed by atoms with E-state index in [1.807, 2.05) is 79.6 Å².